The molecule has 0 saturated carbocycles. The summed E-state index contributed by atoms with van der Waals surface area (Å²) in [5.74, 6) is 1.01. The van der Waals surface area contributed by atoms with Gasteiger partial charge in [0.2, 0.25) is 5.75 Å². The van der Waals surface area contributed by atoms with E-state index < -0.39 is 5.97 Å². The number of methoxy groups -OCH3 is 1. The van der Waals surface area contributed by atoms with Crippen LogP contribution in [-0.4, -0.2) is 72.2 Å². The molecule has 1 rings (SSSR count). The molecular weight excluding hydrogens is 440 g/mol. The second kappa shape index (κ2) is 17.3. The Labute approximate surface area is 202 Å². The molecule has 0 atom stereocenters. The van der Waals surface area contributed by atoms with E-state index >= 15 is 0 Å². The lowest BCUT2D eigenvalue weighted by Crippen LogP contribution is -2.26. The molecule has 0 aliphatic rings. The number of rotatable bonds is 19. The van der Waals surface area contributed by atoms with E-state index in [-0.39, 0.29) is 23.3 Å². The van der Waals surface area contributed by atoms with Crippen LogP contribution in [0.15, 0.2) is 12.1 Å². The fraction of sp³-hybridized carbons (Fsp3) is 0.696. The van der Waals surface area contributed by atoms with Gasteiger partial charge in [-0.2, -0.15) is 0 Å². The largest absolute Gasteiger partial charge is 0.490 e. The second-order valence-electron chi connectivity index (χ2n) is 8.22. The van der Waals surface area contributed by atoms with Crippen molar-refractivity contribution >= 4 is 5.97 Å². The smallest absolute Gasteiger partial charge is 0.338 e. The summed E-state index contributed by atoms with van der Waals surface area (Å²) >= 11 is 0. The zero-order chi connectivity index (χ0) is 25.3. The van der Waals surface area contributed by atoms with Gasteiger partial charge >= 0.3 is 5.97 Å². The van der Waals surface area contributed by atoms with Gasteiger partial charge in [0.05, 0.1) is 32.5 Å². The number of nitrogens with two attached hydrogens (primary N) is 6. The summed E-state index contributed by atoms with van der Waals surface area (Å²) in [4.78, 5) is 12.3. The van der Waals surface area contributed by atoms with Gasteiger partial charge in [0.25, 0.3) is 0 Å². The van der Waals surface area contributed by atoms with Crippen LogP contribution in [0.25, 0.3) is 0 Å². The van der Waals surface area contributed by atoms with Crippen LogP contribution in [0.3, 0.4) is 0 Å². The van der Waals surface area contributed by atoms with Crippen LogP contribution in [-0.2, 0) is 4.74 Å². The first kappa shape index (κ1) is 29.9. The van der Waals surface area contributed by atoms with Gasteiger partial charge < -0.3 is 53.3 Å². The number of hydrogen-bond acceptors (Lipinski definition) is 11. The molecule has 12 N–H and O–H groups in total. The van der Waals surface area contributed by atoms with Crippen molar-refractivity contribution in [3.8, 4) is 17.2 Å². The fourth-order valence-corrected chi connectivity index (χ4v) is 3.16. The number of ether oxygens (including phenoxy) is 4. The fourth-order valence-electron chi connectivity index (χ4n) is 3.16. The standard InChI is InChI=1S/C23H44N6O5/c1-31-23(30)19-8-20(32-5-2-16(10-24)11-25)22(34-7-4-18(14-28)15-29)21(9-19)33-6-3-17(12-26)13-27/h8-9,16-18H,2-7,10-15,24-29H2,1H3. The Morgan fingerprint density at radius 2 is 1.03 bits per heavy atom. The number of carbonyl (C=O) groups is 1. The van der Waals surface area contributed by atoms with Crippen LogP contribution in [0.2, 0.25) is 0 Å². The highest BCUT2D eigenvalue weighted by molar-refractivity contribution is 5.91. The van der Waals surface area contributed by atoms with Crippen molar-refractivity contribution in [2.24, 2.45) is 52.2 Å². The highest BCUT2D eigenvalue weighted by atomic mass is 16.5. The van der Waals surface area contributed by atoms with E-state index in [0.29, 0.717) is 95.6 Å². The Bertz CT molecular complexity index is 657. The average Bonchev–Trinajstić information content (AvgIpc) is 2.87. The molecule has 1 aromatic carbocycles. The van der Waals surface area contributed by atoms with Gasteiger partial charge in [0, 0.05) is 0 Å². The van der Waals surface area contributed by atoms with Crippen LogP contribution in [0, 0.1) is 17.8 Å². The van der Waals surface area contributed by atoms with Gasteiger partial charge in [0.15, 0.2) is 11.5 Å². The lowest BCUT2D eigenvalue weighted by atomic mass is 10.1. The molecule has 0 saturated heterocycles. The molecule has 196 valence electrons. The van der Waals surface area contributed by atoms with Crippen molar-refractivity contribution in [2.45, 2.75) is 19.3 Å². The molecule has 0 fully saturated rings. The monoisotopic (exact) mass is 484 g/mol. The van der Waals surface area contributed by atoms with Crippen molar-refractivity contribution in [1.29, 1.82) is 0 Å². The van der Waals surface area contributed by atoms with E-state index in [0.717, 1.165) is 0 Å². The van der Waals surface area contributed by atoms with Gasteiger partial charge in [-0.1, -0.05) is 0 Å². The molecule has 0 heterocycles. The summed E-state index contributed by atoms with van der Waals surface area (Å²) in [6.07, 6.45) is 1.97. The summed E-state index contributed by atoms with van der Waals surface area (Å²) in [7, 11) is 1.31. The SMILES string of the molecule is COC(=O)c1cc(OCCC(CN)CN)c(OCCC(CN)CN)c(OCCC(CN)CN)c1. The Kier molecular flexibility index (Phi) is 15.2. The summed E-state index contributed by atoms with van der Waals surface area (Å²) in [6.45, 7) is 3.81. The first-order valence-corrected chi connectivity index (χ1v) is 11.8. The van der Waals surface area contributed by atoms with Crippen LogP contribution in [0.4, 0.5) is 0 Å². The molecule has 0 amide bonds. The molecular formula is C23H44N6O5. The molecule has 11 nitrogen and oxygen atoms in total. The lowest BCUT2D eigenvalue weighted by molar-refractivity contribution is 0.0599. The van der Waals surface area contributed by atoms with Crippen molar-refractivity contribution in [3.63, 3.8) is 0 Å². The topological polar surface area (TPSA) is 210 Å². The molecule has 0 spiro atoms. The first-order valence-electron chi connectivity index (χ1n) is 11.8. The Morgan fingerprint density at radius 3 is 1.35 bits per heavy atom. The lowest BCUT2D eigenvalue weighted by Gasteiger charge is -2.21. The molecule has 0 unspecified atom stereocenters. The van der Waals surface area contributed by atoms with Crippen molar-refractivity contribution < 1.29 is 23.7 Å². The third kappa shape index (κ3) is 10.00. The number of benzene rings is 1. The first-order chi connectivity index (χ1) is 16.5. The molecule has 11 heteroatoms. The van der Waals surface area contributed by atoms with Crippen molar-refractivity contribution in [3.05, 3.63) is 17.7 Å². The molecule has 34 heavy (non-hydrogen) atoms. The number of carbonyl (C=O) groups excluding carboxylic acids is 1. The van der Waals surface area contributed by atoms with Gasteiger partial charge in [-0.3, -0.25) is 0 Å². The Morgan fingerprint density at radius 1 is 0.676 bits per heavy atom. The predicted molar refractivity (Wildman–Crippen MR) is 133 cm³/mol. The van der Waals surface area contributed by atoms with Gasteiger partial charge in [0.1, 0.15) is 0 Å². The van der Waals surface area contributed by atoms with E-state index in [9.17, 15) is 4.79 Å². The Balaban J connectivity index is 3.18. The predicted octanol–water partition coefficient (Wildman–Crippen LogP) is -0.619. The zero-order valence-corrected chi connectivity index (χ0v) is 20.4. The van der Waals surface area contributed by atoms with Crippen molar-refractivity contribution in [2.75, 3.05) is 66.2 Å². The van der Waals surface area contributed by atoms with Gasteiger partial charge in [-0.05, 0) is 88.4 Å². The summed E-state index contributed by atoms with van der Waals surface area (Å²) < 4.78 is 23.0. The molecule has 0 bridgehead atoms. The van der Waals surface area contributed by atoms with E-state index in [1.54, 1.807) is 12.1 Å². The third-order valence-electron chi connectivity index (χ3n) is 5.78. The highest BCUT2D eigenvalue weighted by Gasteiger charge is 2.20. The summed E-state index contributed by atoms with van der Waals surface area (Å²) in [5.41, 5.74) is 34.8. The zero-order valence-electron chi connectivity index (χ0n) is 20.4. The minimum atomic E-state index is -0.517. The van der Waals surface area contributed by atoms with E-state index in [2.05, 4.69) is 0 Å². The number of esters is 1. The Hall–Kier alpha value is -2.15. The van der Waals surface area contributed by atoms with E-state index in [4.69, 9.17) is 53.3 Å². The molecule has 0 aromatic heterocycles. The minimum absolute atomic E-state index is 0.128. The summed E-state index contributed by atoms with van der Waals surface area (Å²) in [6, 6.07) is 3.17. The maximum absolute atomic E-state index is 12.3. The van der Waals surface area contributed by atoms with Crippen LogP contribution in [0.5, 0.6) is 17.2 Å². The summed E-state index contributed by atoms with van der Waals surface area (Å²) in [5, 5.41) is 0. The maximum atomic E-state index is 12.3. The quantitative estimate of drug-likeness (QED) is 0.136. The maximum Gasteiger partial charge on any atom is 0.338 e. The third-order valence-corrected chi connectivity index (χ3v) is 5.78. The highest BCUT2D eigenvalue weighted by Crippen LogP contribution is 2.40. The average molecular weight is 485 g/mol. The normalized spacial score (nSPS) is 11.4. The van der Waals surface area contributed by atoms with Gasteiger partial charge in [-0.25, -0.2) is 4.79 Å². The molecule has 0 radical (unpaired) electrons. The molecule has 0 aliphatic heterocycles. The second-order valence-corrected chi connectivity index (χ2v) is 8.22. The van der Waals surface area contributed by atoms with Crippen molar-refractivity contribution in [1.82, 2.24) is 0 Å². The minimum Gasteiger partial charge on any atom is -0.490 e. The van der Waals surface area contributed by atoms with Crippen LogP contribution >= 0.6 is 0 Å². The van der Waals surface area contributed by atoms with Gasteiger partial charge in [-0.15, -0.1) is 0 Å². The van der Waals surface area contributed by atoms with E-state index in [1.807, 2.05) is 0 Å². The number of hydrogen-bond donors (Lipinski definition) is 6. The van der Waals surface area contributed by atoms with Crippen LogP contribution < -0.4 is 48.6 Å². The van der Waals surface area contributed by atoms with Crippen LogP contribution in [0.1, 0.15) is 29.6 Å². The van der Waals surface area contributed by atoms with E-state index in [1.165, 1.54) is 7.11 Å². The molecule has 0 aliphatic carbocycles. The molecule has 1 aromatic rings.